The summed E-state index contributed by atoms with van der Waals surface area (Å²) >= 11 is 0. The van der Waals surface area contributed by atoms with Crippen LogP contribution in [0.15, 0.2) is 48.5 Å². The van der Waals surface area contributed by atoms with Gasteiger partial charge in [-0.1, -0.05) is 24.3 Å². The van der Waals surface area contributed by atoms with E-state index in [2.05, 4.69) is 0 Å². The van der Waals surface area contributed by atoms with E-state index in [1.807, 2.05) is 0 Å². The van der Waals surface area contributed by atoms with Gasteiger partial charge in [-0.2, -0.15) is 0 Å². The Hall–Kier alpha value is -3.15. The van der Waals surface area contributed by atoms with E-state index in [1.165, 1.54) is 20.1 Å². The number of methoxy groups -OCH3 is 1. The zero-order valence-electron chi connectivity index (χ0n) is 14.0. The monoisotopic (exact) mass is 342 g/mol. The summed E-state index contributed by atoms with van der Waals surface area (Å²) in [7, 11) is 1.46. The van der Waals surface area contributed by atoms with Crippen LogP contribution in [0.4, 0.5) is 0 Å². The lowest BCUT2D eigenvalue weighted by molar-refractivity contribution is -0.144. The highest BCUT2D eigenvalue weighted by molar-refractivity contribution is 6.00. The van der Waals surface area contributed by atoms with Gasteiger partial charge in [0, 0.05) is 5.56 Å². The standard InChI is InChI=1S/C19H18O6/c1-13(20)14-6-5-7-15(10-14)24-12-19(22)25-11-17(21)16-8-3-4-9-18(16)23-2/h3-10H,11-12H2,1-2H3. The van der Waals surface area contributed by atoms with Gasteiger partial charge in [-0.25, -0.2) is 4.79 Å². The SMILES string of the molecule is COc1ccccc1C(=O)COC(=O)COc1cccc(C(C)=O)c1. The van der Waals surface area contributed by atoms with Crippen molar-refractivity contribution in [3.05, 3.63) is 59.7 Å². The zero-order valence-corrected chi connectivity index (χ0v) is 14.0. The summed E-state index contributed by atoms with van der Waals surface area (Å²) in [6.07, 6.45) is 0. The molecule has 0 amide bonds. The lowest BCUT2D eigenvalue weighted by atomic mass is 10.1. The quantitative estimate of drug-likeness (QED) is 0.542. The molecule has 2 rings (SSSR count). The number of rotatable bonds is 8. The molecule has 0 spiro atoms. The fourth-order valence-electron chi connectivity index (χ4n) is 2.09. The first kappa shape index (κ1) is 18.2. The average molecular weight is 342 g/mol. The van der Waals surface area contributed by atoms with E-state index < -0.39 is 12.6 Å². The van der Waals surface area contributed by atoms with E-state index in [0.29, 0.717) is 22.6 Å². The zero-order chi connectivity index (χ0) is 18.2. The molecule has 130 valence electrons. The largest absolute Gasteiger partial charge is 0.496 e. The second kappa shape index (κ2) is 8.63. The molecule has 0 aromatic heterocycles. The number of hydrogen-bond acceptors (Lipinski definition) is 6. The summed E-state index contributed by atoms with van der Waals surface area (Å²) in [5.74, 6) is -0.363. The van der Waals surface area contributed by atoms with Gasteiger partial charge in [-0.3, -0.25) is 9.59 Å². The Kier molecular flexibility index (Phi) is 6.28. The molecule has 0 radical (unpaired) electrons. The Labute approximate surface area is 145 Å². The smallest absolute Gasteiger partial charge is 0.344 e. The van der Waals surface area contributed by atoms with Crippen LogP contribution in [-0.2, 0) is 9.53 Å². The number of benzene rings is 2. The number of carbonyl (C=O) groups is 3. The van der Waals surface area contributed by atoms with Crippen LogP contribution in [0.25, 0.3) is 0 Å². The van der Waals surface area contributed by atoms with E-state index in [4.69, 9.17) is 14.2 Å². The molecule has 0 saturated carbocycles. The van der Waals surface area contributed by atoms with Gasteiger partial charge < -0.3 is 14.2 Å². The molecule has 0 aliphatic rings. The molecule has 0 saturated heterocycles. The summed E-state index contributed by atoms with van der Waals surface area (Å²) < 4.78 is 15.3. The first-order valence-corrected chi connectivity index (χ1v) is 7.57. The minimum atomic E-state index is -0.684. The second-order valence-electron chi connectivity index (χ2n) is 5.16. The number of ether oxygens (including phenoxy) is 3. The van der Waals surface area contributed by atoms with Crippen LogP contribution in [-0.4, -0.2) is 37.9 Å². The van der Waals surface area contributed by atoms with Gasteiger partial charge in [-0.05, 0) is 31.2 Å². The minimum Gasteiger partial charge on any atom is -0.496 e. The molecule has 2 aromatic carbocycles. The second-order valence-corrected chi connectivity index (χ2v) is 5.16. The topological polar surface area (TPSA) is 78.9 Å². The van der Waals surface area contributed by atoms with Crippen LogP contribution in [0.1, 0.15) is 27.6 Å². The van der Waals surface area contributed by atoms with E-state index in [0.717, 1.165) is 0 Å². The molecule has 6 nitrogen and oxygen atoms in total. The lowest BCUT2D eigenvalue weighted by Crippen LogP contribution is -2.20. The Balaban J connectivity index is 1.85. The molecule has 0 bridgehead atoms. The maximum absolute atomic E-state index is 12.1. The number of para-hydroxylation sites is 1. The number of esters is 1. The van der Waals surface area contributed by atoms with E-state index in [9.17, 15) is 14.4 Å². The third-order valence-corrected chi connectivity index (χ3v) is 3.37. The highest BCUT2D eigenvalue weighted by Gasteiger charge is 2.14. The molecule has 0 unspecified atom stereocenters. The molecule has 0 heterocycles. The van der Waals surface area contributed by atoms with Gasteiger partial charge in [0.25, 0.3) is 0 Å². The fourth-order valence-corrected chi connectivity index (χ4v) is 2.09. The molecule has 0 N–H and O–H groups in total. The van der Waals surface area contributed by atoms with Crippen LogP contribution in [0.3, 0.4) is 0 Å². The van der Waals surface area contributed by atoms with Crippen molar-refractivity contribution in [3.8, 4) is 11.5 Å². The number of hydrogen-bond donors (Lipinski definition) is 0. The minimum absolute atomic E-state index is 0.101. The summed E-state index contributed by atoms with van der Waals surface area (Å²) in [4.78, 5) is 35.1. The van der Waals surface area contributed by atoms with Gasteiger partial charge in [0.15, 0.2) is 19.0 Å². The molecule has 0 aliphatic heterocycles. The normalized spacial score (nSPS) is 10.0. The highest BCUT2D eigenvalue weighted by atomic mass is 16.6. The summed E-state index contributed by atoms with van der Waals surface area (Å²) in [6, 6.07) is 13.2. The van der Waals surface area contributed by atoms with Crippen molar-refractivity contribution in [1.29, 1.82) is 0 Å². The lowest BCUT2D eigenvalue weighted by Gasteiger charge is -2.09. The molecule has 0 atom stereocenters. The Morgan fingerprint density at radius 1 is 0.960 bits per heavy atom. The Morgan fingerprint density at radius 3 is 2.44 bits per heavy atom. The molecule has 25 heavy (non-hydrogen) atoms. The van der Waals surface area contributed by atoms with Crippen LogP contribution < -0.4 is 9.47 Å². The predicted molar refractivity (Wildman–Crippen MR) is 90.2 cm³/mol. The Morgan fingerprint density at radius 2 is 1.72 bits per heavy atom. The van der Waals surface area contributed by atoms with Gasteiger partial charge in [0.2, 0.25) is 5.78 Å². The average Bonchev–Trinajstić information content (AvgIpc) is 2.64. The van der Waals surface area contributed by atoms with Crippen LogP contribution in [0.5, 0.6) is 11.5 Å². The molecule has 6 heteroatoms. The first-order chi connectivity index (χ1) is 12.0. The molecule has 2 aromatic rings. The van der Waals surface area contributed by atoms with Gasteiger partial charge in [0.1, 0.15) is 11.5 Å². The third kappa shape index (κ3) is 5.17. The fraction of sp³-hybridized carbons (Fsp3) is 0.211. The number of ketones is 2. The predicted octanol–water partition coefficient (Wildman–Crippen LogP) is 2.70. The molecule has 0 fully saturated rings. The maximum atomic E-state index is 12.1. The van der Waals surface area contributed by atoms with Gasteiger partial charge in [0.05, 0.1) is 12.7 Å². The van der Waals surface area contributed by atoms with Crippen molar-refractivity contribution in [2.24, 2.45) is 0 Å². The van der Waals surface area contributed by atoms with Crippen LogP contribution >= 0.6 is 0 Å². The van der Waals surface area contributed by atoms with Crippen LogP contribution in [0.2, 0.25) is 0 Å². The summed E-state index contributed by atoms with van der Waals surface area (Å²) in [5, 5.41) is 0. The molecular weight excluding hydrogens is 324 g/mol. The van der Waals surface area contributed by atoms with E-state index in [1.54, 1.807) is 42.5 Å². The van der Waals surface area contributed by atoms with Crippen LogP contribution in [0, 0.1) is 0 Å². The van der Waals surface area contributed by atoms with Crippen molar-refractivity contribution in [2.45, 2.75) is 6.92 Å². The molecular formula is C19H18O6. The van der Waals surface area contributed by atoms with Crippen molar-refractivity contribution in [2.75, 3.05) is 20.3 Å². The van der Waals surface area contributed by atoms with E-state index in [-0.39, 0.29) is 18.2 Å². The number of Topliss-reactive ketones (excluding diaryl/α,β-unsaturated/α-hetero) is 2. The van der Waals surface area contributed by atoms with Gasteiger partial charge >= 0.3 is 5.97 Å². The highest BCUT2D eigenvalue weighted by Crippen LogP contribution is 2.18. The Bertz CT molecular complexity index is 781. The van der Waals surface area contributed by atoms with Crippen molar-refractivity contribution >= 4 is 17.5 Å². The van der Waals surface area contributed by atoms with Gasteiger partial charge in [-0.15, -0.1) is 0 Å². The molecule has 0 aliphatic carbocycles. The summed E-state index contributed by atoms with van der Waals surface area (Å²) in [5.41, 5.74) is 0.824. The number of carbonyl (C=O) groups excluding carboxylic acids is 3. The maximum Gasteiger partial charge on any atom is 0.344 e. The van der Waals surface area contributed by atoms with Crippen molar-refractivity contribution < 1.29 is 28.6 Å². The van der Waals surface area contributed by atoms with E-state index >= 15 is 0 Å². The first-order valence-electron chi connectivity index (χ1n) is 7.57. The summed E-state index contributed by atoms with van der Waals surface area (Å²) in [6.45, 7) is 0.674. The van der Waals surface area contributed by atoms with Crippen molar-refractivity contribution in [3.63, 3.8) is 0 Å². The third-order valence-electron chi connectivity index (χ3n) is 3.37. The van der Waals surface area contributed by atoms with Crippen molar-refractivity contribution in [1.82, 2.24) is 0 Å².